The van der Waals surface area contributed by atoms with Crippen LogP contribution < -0.4 is 0 Å². The minimum absolute atomic E-state index is 0.156. The molecule has 0 spiro atoms. The third kappa shape index (κ3) is 3.04. The molecular weight excluding hydrogens is 222 g/mol. The second kappa shape index (κ2) is 5.58. The molecule has 0 bridgehead atoms. The molecule has 0 aliphatic rings. The van der Waals surface area contributed by atoms with Crippen LogP contribution in [0.15, 0.2) is 48.8 Å². The van der Waals surface area contributed by atoms with Gasteiger partial charge in [0.05, 0.1) is 0 Å². The van der Waals surface area contributed by atoms with Gasteiger partial charge in [0.25, 0.3) is 0 Å². The van der Waals surface area contributed by atoms with Gasteiger partial charge in [0, 0.05) is 24.4 Å². The molecule has 0 N–H and O–H groups in total. The zero-order valence-electron chi connectivity index (χ0n) is 10.8. The normalized spacial score (nSPS) is 10.6. The first-order valence-electron chi connectivity index (χ1n) is 6.19. The lowest BCUT2D eigenvalue weighted by atomic mass is 9.97. The molecule has 0 aliphatic carbocycles. The van der Waals surface area contributed by atoms with Crippen molar-refractivity contribution in [3.05, 3.63) is 65.5 Å². The largest absolute Gasteiger partial charge is 0.294 e. The summed E-state index contributed by atoms with van der Waals surface area (Å²) in [6.07, 6.45) is 3.87. The molecule has 0 saturated carbocycles. The highest BCUT2D eigenvalue weighted by Gasteiger charge is 2.08. The van der Waals surface area contributed by atoms with Crippen molar-refractivity contribution in [2.45, 2.75) is 26.2 Å². The Labute approximate surface area is 108 Å². The molecule has 0 saturated heterocycles. The number of ketones is 1. The minimum atomic E-state index is 0.156. The van der Waals surface area contributed by atoms with Crippen LogP contribution in [0, 0.1) is 0 Å². The van der Waals surface area contributed by atoms with E-state index in [0.717, 1.165) is 11.1 Å². The highest BCUT2D eigenvalue weighted by molar-refractivity contribution is 5.97. The molecule has 0 atom stereocenters. The average Bonchev–Trinajstić information content (AvgIpc) is 2.40. The van der Waals surface area contributed by atoms with Gasteiger partial charge in [-0.2, -0.15) is 0 Å². The maximum absolute atomic E-state index is 12.2. The Hall–Kier alpha value is -1.96. The second-order valence-electron chi connectivity index (χ2n) is 4.74. The zero-order valence-corrected chi connectivity index (χ0v) is 10.8. The fourth-order valence-electron chi connectivity index (χ4n) is 1.86. The van der Waals surface area contributed by atoms with Crippen molar-refractivity contribution in [3.8, 4) is 0 Å². The summed E-state index contributed by atoms with van der Waals surface area (Å²) in [6, 6.07) is 11.7. The molecule has 18 heavy (non-hydrogen) atoms. The summed E-state index contributed by atoms with van der Waals surface area (Å²) < 4.78 is 0. The molecule has 0 aliphatic heterocycles. The fraction of sp³-hybridized carbons (Fsp3) is 0.250. The number of hydrogen-bond acceptors (Lipinski definition) is 2. The van der Waals surface area contributed by atoms with Crippen LogP contribution in [0.3, 0.4) is 0 Å². The van der Waals surface area contributed by atoms with Crippen LogP contribution in [0.4, 0.5) is 0 Å². The zero-order chi connectivity index (χ0) is 13.0. The summed E-state index contributed by atoms with van der Waals surface area (Å²) in [7, 11) is 0. The lowest BCUT2D eigenvalue weighted by Gasteiger charge is -2.07. The van der Waals surface area contributed by atoms with Gasteiger partial charge < -0.3 is 0 Å². The van der Waals surface area contributed by atoms with Crippen molar-refractivity contribution in [1.29, 1.82) is 0 Å². The number of carbonyl (C=O) groups excluding carboxylic acids is 1. The summed E-state index contributed by atoms with van der Waals surface area (Å²) in [6.45, 7) is 4.26. The number of Topliss-reactive ketones (excluding diaryl/α,β-unsaturated/α-hetero) is 1. The van der Waals surface area contributed by atoms with Crippen LogP contribution >= 0.6 is 0 Å². The van der Waals surface area contributed by atoms with Gasteiger partial charge in [0.1, 0.15) is 0 Å². The summed E-state index contributed by atoms with van der Waals surface area (Å²) in [5, 5.41) is 0. The molecule has 92 valence electrons. The van der Waals surface area contributed by atoms with E-state index in [2.05, 4.69) is 24.9 Å². The number of aromatic nitrogens is 1. The molecule has 0 radical (unpaired) electrons. The number of benzene rings is 1. The van der Waals surface area contributed by atoms with Crippen molar-refractivity contribution in [2.75, 3.05) is 0 Å². The minimum Gasteiger partial charge on any atom is -0.294 e. The molecule has 0 amide bonds. The number of rotatable bonds is 4. The molecule has 2 heteroatoms. The third-order valence-corrected chi connectivity index (χ3v) is 2.99. The van der Waals surface area contributed by atoms with Crippen molar-refractivity contribution in [2.24, 2.45) is 0 Å². The van der Waals surface area contributed by atoms with E-state index in [4.69, 9.17) is 0 Å². The van der Waals surface area contributed by atoms with E-state index in [1.54, 1.807) is 12.4 Å². The Kier molecular flexibility index (Phi) is 3.88. The molecular formula is C16H17NO. The Morgan fingerprint density at radius 1 is 1.17 bits per heavy atom. The standard InChI is InChI=1S/C16H17NO/c1-12(2)14-4-3-5-15(11-14)16(18)10-13-6-8-17-9-7-13/h3-9,11-12H,10H2,1-2H3. The summed E-state index contributed by atoms with van der Waals surface area (Å²) in [5.41, 5.74) is 3.00. The van der Waals surface area contributed by atoms with Crippen LogP contribution in [0.2, 0.25) is 0 Å². The number of carbonyl (C=O) groups is 1. The van der Waals surface area contributed by atoms with Crippen LogP contribution in [0.1, 0.15) is 41.3 Å². The first-order chi connectivity index (χ1) is 8.66. The van der Waals surface area contributed by atoms with Crippen LogP contribution in [0.25, 0.3) is 0 Å². The molecule has 1 aromatic carbocycles. The topological polar surface area (TPSA) is 30.0 Å². The van der Waals surface area contributed by atoms with E-state index in [1.165, 1.54) is 5.56 Å². The van der Waals surface area contributed by atoms with Gasteiger partial charge >= 0.3 is 0 Å². The summed E-state index contributed by atoms with van der Waals surface area (Å²) in [4.78, 5) is 16.1. The van der Waals surface area contributed by atoms with E-state index in [-0.39, 0.29) is 5.78 Å². The van der Waals surface area contributed by atoms with Crippen molar-refractivity contribution in [1.82, 2.24) is 4.98 Å². The highest BCUT2D eigenvalue weighted by Crippen LogP contribution is 2.16. The number of nitrogens with zero attached hydrogens (tertiary/aromatic N) is 1. The van der Waals surface area contributed by atoms with E-state index in [0.29, 0.717) is 12.3 Å². The van der Waals surface area contributed by atoms with E-state index in [1.807, 2.05) is 30.3 Å². The van der Waals surface area contributed by atoms with Crippen molar-refractivity contribution < 1.29 is 4.79 Å². The maximum Gasteiger partial charge on any atom is 0.167 e. The molecule has 1 aromatic heterocycles. The van der Waals surface area contributed by atoms with Gasteiger partial charge in [-0.3, -0.25) is 9.78 Å². The number of pyridine rings is 1. The van der Waals surface area contributed by atoms with Gasteiger partial charge in [-0.25, -0.2) is 0 Å². The first kappa shape index (κ1) is 12.5. The van der Waals surface area contributed by atoms with Gasteiger partial charge in [-0.1, -0.05) is 32.0 Å². The molecule has 0 fully saturated rings. The Morgan fingerprint density at radius 2 is 1.89 bits per heavy atom. The van der Waals surface area contributed by atoms with Crippen molar-refractivity contribution in [3.63, 3.8) is 0 Å². The Morgan fingerprint density at radius 3 is 2.56 bits per heavy atom. The fourth-order valence-corrected chi connectivity index (χ4v) is 1.86. The molecule has 2 aromatic rings. The van der Waals surface area contributed by atoms with Crippen LogP contribution in [0.5, 0.6) is 0 Å². The number of hydrogen-bond donors (Lipinski definition) is 0. The summed E-state index contributed by atoms with van der Waals surface area (Å²) in [5.74, 6) is 0.599. The summed E-state index contributed by atoms with van der Waals surface area (Å²) >= 11 is 0. The SMILES string of the molecule is CC(C)c1cccc(C(=O)Cc2ccncc2)c1. The lowest BCUT2D eigenvalue weighted by molar-refractivity contribution is 0.0993. The molecule has 0 unspecified atom stereocenters. The van der Waals surface area contributed by atoms with Gasteiger partial charge in [-0.05, 0) is 35.2 Å². The average molecular weight is 239 g/mol. The van der Waals surface area contributed by atoms with Gasteiger partial charge in [0.2, 0.25) is 0 Å². The van der Waals surface area contributed by atoms with Crippen molar-refractivity contribution >= 4 is 5.78 Å². The predicted molar refractivity (Wildman–Crippen MR) is 72.8 cm³/mol. The highest BCUT2D eigenvalue weighted by atomic mass is 16.1. The lowest BCUT2D eigenvalue weighted by Crippen LogP contribution is -2.04. The van der Waals surface area contributed by atoms with Gasteiger partial charge in [-0.15, -0.1) is 0 Å². The third-order valence-electron chi connectivity index (χ3n) is 2.99. The second-order valence-corrected chi connectivity index (χ2v) is 4.74. The Balaban J connectivity index is 2.16. The Bertz CT molecular complexity index is 532. The van der Waals surface area contributed by atoms with E-state index in [9.17, 15) is 4.79 Å². The quantitative estimate of drug-likeness (QED) is 0.762. The van der Waals surface area contributed by atoms with Crippen LogP contribution in [-0.2, 0) is 6.42 Å². The molecule has 2 nitrogen and oxygen atoms in total. The predicted octanol–water partition coefficient (Wildman–Crippen LogP) is 3.63. The smallest absolute Gasteiger partial charge is 0.167 e. The maximum atomic E-state index is 12.2. The van der Waals surface area contributed by atoms with E-state index < -0.39 is 0 Å². The first-order valence-corrected chi connectivity index (χ1v) is 6.19. The monoisotopic (exact) mass is 239 g/mol. The van der Waals surface area contributed by atoms with Gasteiger partial charge in [0.15, 0.2) is 5.78 Å². The van der Waals surface area contributed by atoms with Crippen LogP contribution in [-0.4, -0.2) is 10.8 Å². The molecule has 2 rings (SSSR count). The van der Waals surface area contributed by atoms with E-state index >= 15 is 0 Å². The molecule has 1 heterocycles.